The highest BCUT2D eigenvalue weighted by Crippen LogP contribution is 2.43. The van der Waals surface area contributed by atoms with E-state index in [0.717, 1.165) is 103 Å². The molecule has 3 atom stereocenters. The normalized spacial score (nSPS) is 14.6. The number of amides is 1. The first kappa shape index (κ1) is 75.2. The van der Waals surface area contributed by atoms with Crippen molar-refractivity contribution < 1.29 is 37.3 Å². The summed E-state index contributed by atoms with van der Waals surface area (Å²) in [5, 5.41) is 3.00. The molecule has 0 fully saturated rings. The molecule has 2 N–H and O–H groups in total. The summed E-state index contributed by atoms with van der Waals surface area (Å²) in [5.41, 5.74) is 0. The molecular formula is C69H118N2O7P+. The zero-order valence-corrected chi connectivity index (χ0v) is 52.2. The van der Waals surface area contributed by atoms with E-state index in [0.29, 0.717) is 23.9 Å². The lowest BCUT2D eigenvalue weighted by molar-refractivity contribution is -0.870. The number of phosphoric acid groups is 1. The number of esters is 1. The van der Waals surface area contributed by atoms with Crippen molar-refractivity contribution in [2.24, 2.45) is 0 Å². The Labute approximate surface area is 485 Å². The van der Waals surface area contributed by atoms with E-state index in [-0.39, 0.29) is 37.9 Å². The number of unbranched alkanes of at least 4 members (excludes halogenated alkanes) is 19. The van der Waals surface area contributed by atoms with Crippen molar-refractivity contribution in [1.82, 2.24) is 5.32 Å². The number of quaternary nitrogens is 1. The largest absolute Gasteiger partial charge is 0.472 e. The van der Waals surface area contributed by atoms with Crippen LogP contribution in [0.1, 0.15) is 239 Å². The van der Waals surface area contributed by atoms with Gasteiger partial charge < -0.3 is 19.4 Å². The summed E-state index contributed by atoms with van der Waals surface area (Å²) in [4.78, 5) is 37.7. The van der Waals surface area contributed by atoms with Crippen LogP contribution in [-0.2, 0) is 27.9 Å². The molecule has 0 aliphatic carbocycles. The Morgan fingerprint density at radius 2 is 0.823 bits per heavy atom. The number of ether oxygens (including phenoxy) is 1. The third-order valence-electron chi connectivity index (χ3n) is 13.1. The standard InChI is InChI=1S/C69H117N2O7P/c1-7-10-13-16-19-22-25-27-29-31-33-34-35-36-38-40-42-44-47-50-53-56-59-62-69(73)78-67(60-57-54-51-48-45-24-21-18-15-12-9-3)66(65-77-79(74,75)76-64-63-71(4,5)6)70-68(72)61-58-55-52-49-46-43-41-39-37-32-30-28-26-23-20-17-14-11-8-2/h11,14,19-20,22-23,27-30,33-34,36-39,43,46,52,55,57,60,66-67H,7-10,12-13,15-18,21,24-26,31-32,35,40-42,44-45,47-51,53-54,56,58-59,61-65H2,1-6H3,(H-,70,72,74,75)/p+1/b14-11-,22-19-,23-20-,29-27-,30-28-,34-33-,38-36-,39-37-,46-43-,55-52-,60-57+. The molecule has 10 heteroatoms. The molecule has 9 nitrogen and oxygen atoms in total. The molecule has 0 rings (SSSR count). The Balaban J connectivity index is 5.33. The maximum atomic E-state index is 13.5. The molecular weight excluding hydrogens is 1000 g/mol. The number of rotatable bonds is 55. The number of carbonyl (C=O) groups is 2. The summed E-state index contributed by atoms with van der Waals surface area (Å²) in [6.45, 7) is 6.78. The Bertz CT molecular complexity index is 1810. The number of hydrogen-bond donors (Lipinski definition) is 2. The number of likely N-dealkylation sites (N-methyl/N-ethyl adjacent to an activating group) is 1. The van der Waals surface area contributed by atoms with Crippen molar-refractivity contribution in [2.75, 3.05) is 40.9 Å². The third-order valence-corrected chi connectivity index (χ3v) is 14.1. The average Bonchev–Trinajstić information content (AvgIpc) is 3.41. The van der Waals surface area contributed by atoms with Crippen LogP contribution in [0.3, 0.4) is 0 Å². The van der Waals surface area contributed by atoms with E-state index in [1.54, 1.807) is 0 Å². The van der Waals surface area contributed by atoms with E-state index in [1.807, 2.05) is 45.4 Å². The minimum Gasteiger partial charge on any atom is -0.456 e. The number of nitrogens with one attached hydrogen (secondary N) is 1. The number of carbonyl (C=O) groups excluding carboxylic acids is 2. The molecule has 0 saturated carbocycles. The highest BCUT2D eigenvalue weighted by atomic mass is 31.2. The van der Waals surface area contributed by atoms with Gasteiger partial charge in [-0.1, -0.05) is 245 Å². The molecule has 1 amide bonds. The molecule has 0 bridgehead atoms. The zero-order valence-electron chi connectivity index (χ0n) is 51.3. The fraction of sp³-hybridized carbons (Fsp3) is 0.652. The molecule has 0 aromatic heterocycles. The van der Waals surface area contributed by atoms with Crippen LogP contribution in [0.15, 0.2) is 134 Å². The van der Waals surface area contributed by atoms with E-state index >= 15 is 0 Å². The minimum atomic E-state index is -4.48. The molecule has 0 spiro atoms. The Hall–Kier alpha value is -3.85. The van der Waals surface area contributed by atoms with Crippen LogP contribution < -0.4 is 5.32 Å². The Morgan fingerprint density at radius 1 is 0.456 bits per heavy atom. The second-order valence-corrected chi connectivity index (χ2v) is 23.3. The van der Waals surface area contributed by atoms with Crippen LogP contribution >= 0.6 is 7.82 Å². The van der Waals surface area contributed by atoms with Gasteiger partial charge in [-0.3, -0.25) is 18.6 Å². The van der Waals surface area contributed by atoms with Gasteiger partial charge in [0.2, 0.25) is 5.91 Å². The average molecular weight is 1120 g/mol. The Kier molecular flexibility index (Phi) is 54.6. The van der Waals surface area contributed by atoms with Gasteiger partial charge in [0, 0.05) is 12.8 Å². The molecule has 3 unspecified atom stereocenters. The van der Waals surface area contributed by atoms with Gasteiger partial charge in [0.25, 0.3) is 0 Å². The number of phosphoric ester groups is 1. The maximum Gasteiger partial charge on any atom is 0.472 e. The molecule has 0 heterocycles. The summed E-state index contributed by atoms with van der Waals surface area (Å²) in [6, 6.07) is -0.903. The lowest BCUT2D eigenvalue weighted by Gasteiger charge is -2.27. The van der Waals surface area contributed by atoms with Crippen molar-refractivity contribution in [3.05, 3.63) is 134 Å². The van der Waals surface area contributed by atoms with Crippen LogP contribution in [0.25, 0.3) is 0 Å². The van der Waals surface area contributed by atoms with E-state index < -0.39 is 20.0 Å². The van der Waals surface area contributed by atoms with Gasteiger partial charge in [-0.05, 0) is 115 Å². The van der Waals surface area contributed by atoms with Crippen LogP contribution in [0.2, 0.25) is 0 Å². The van der Waals surface area contributed by atoms with Crippen LogP contribution in [0.4, 0.5) is 0 Å². The number of hydrogen-bond acceptors (Lipinski definition) is 6. The van der Waals surface area contributed by atoms with Gasteiger partial charge in [0.1, 0.15) is 19.3 Å². The minimum absolute atomic E-state index is 0.0173. The number of nitrogens with zero attached hydrogens (tertiary/aromatic N) is 1. The van der Waals surface area contributed by atoms with Gasteiger partial charge >= 0.3 is 13.8 Å². The molecule has 0 aromatic rings. The fourth-order valence-electron chi connectivity index (χ4n) is 8.24. The van der Waals surface area contributed by atoms with Crippen molar-refractivity contribution in [2.45, 2.75) is 251 Å². The SMILES string of the molecule is CC/C=C\C/C=C\C/C=C\C/C=C\C/C=C\C/C=C\CCC(=O)NC(COP(=O)(O)OCC[N+](C)(C)C)C(/C=C/CCCCCCCCCCC)OC(=O)CCCCCCCCC/C=C\C/C=C\C/C=C\C/C=C\CCCCC. The predicted molar refractivity (Wildman–Crippen MR) is 341 cm³/mol. The van der Waals surface area contributed by atoms with Crippen molar-refractivity contribution in [3.8, 4) is 0 Å². The quantitative estimate of drug-likeness (QED) is 0.0205. The predicted octanol–water partition coefficient (Wildman–Crippen LogP) is 19.7. The summed E-state index contributed by atoms with van der Waals surface area (Å²) >= 11 is 0. The molecule has 0 saturated heterocycles. The van der Waals surface area contributed by atoms with Gasteiger partial charge in [-0.15, -0.1) is 0 Å². The summed E-state index contributed by atoms with van der Waals surface area (Å²) in [7, 11) is 1.42. The molecule has 0 aliphatic rings. The van der Waals surface area contributed by atoms with Crippen LogP contribution in [0, 0.1) is 0 Å². The summed E-state index contributed by atoms with van der Waals surface area (Å²) < 4.78 is 30.6. The molecule has 0 aromatic carbocycles. The summed E-state index contributed by atoms with van der Waals surface area (Å²) in [5.74, 6) is -0.625. The first-order chi connectivity index (χ1) is 38.4. The molecule has 450 valence electrons. The van der Waals surface area contributed by atoms with Crippen molar-refractivity contribution in [1.29, 1.82) is 0 Å². The first-order valence-electron chi connectivity index (χ1n) is 31.5. The topological polar surface area (TPSA) is 111 Å². The third kappa shape index (κ3) is 58.6. The van der Waals surface area contributed by atoms with Gasteiger partial charge in [0.05, 0.1) is 33.8 Å². The van der Waals surface area contributed by atoms with Gasteiger partial charge in [-0.2, -0.15) is 0 Å². The van der Waals surface area contributed by atoms with Crippen LogP contribution in [0.5, 0.6) is 0 Å². The van der Waals surface area contributed by atoms with E-state index in [1.165, 1.54) is 89.9 Å². The Morgan fingerprint density at radius 3 is 1.27 bits per heavy atom. The zero-order chi connectivity index (χ0) is 57.9. The van der Waals surface area contributed by atoms with E-state index in [2.05, 4.69) is 135 Å². The smallest absolute Gasteiger partial charge is 0.456 e. The molecule has 79 heavy (non-hydrogen) atoms. The highest BCUT2D eigenvalue weighted by molar-refractivity contribution is 7.47. The summed E-state index contributed by atoms with van der Waals surface area (Å²) in [6.07, 6.45) is 81.8. The monoisotopic (exact) mass is 1120 g/mol. The van der Waals surface area contributed by atoms with Crippen molar-refractivity contribution in [3.63, 3.8) is 0 Å². The molecule has 0 radical (unpaired) electrons. The van der Waals surface area contributed by atoms with E-state index in [9.17, 15) is 19.0 Å². The van der Waals surface area contributed by atoms with E-state index in [4.69, 9.17) is 13.8 Å². The van der Waals surface area contributed by atoms with Gasteiger partial charge in [-0.25, -0.2) is 4.57 Å². The van der Waals surface area contributed by atoms with Crippen molar-refractivity contribution >= 4 is 19.7 Å². The lowest BCUT2D eigenvalue weighted by atomic mass is 10.1. The second kappa shape index (κ2) is 57.4. The first-order valence-corrected chi connectivity index (χ1v) is 33.0. The van der Waals surface area contributed by atoms with Crippen LogP contribution in [-0.4, -0.2) is 74.3 Å². The molecule has 0 aliphatic heterocycles. The number of allylic oxidation sites excluding steroid dienone is 21. The van der Waals surface area contributed by atoms with Gasteiger partial charge in [0.15, 0.2) is 0 Å². The fourth-order valence-corrected chi connectivity index (χ4v) is 8.98. The highest BCUT2D eigenvalue weighted by Gasteiger charge is 2.30. The second-order valence-electron chi connectivity index (χ2n) is 21.8. The maximum absolute atomic E-state index is 13.5. The lowest BCUT2D eigenvalue weighted by Crippen LogP contribution is -2.47.